The lowest BCUT2D eigenvalue weighted by atomic mass is 9.98. The van der Waals surface area contributed by atoms with E-state index in [0.29, 0.717) is 41.8 Å². The Morgan fingerprint density at radius 1 is 1.30 bits per heavy atom. The van der Waals surface area contributed by atoms with Crippen LogP contribution < -0.4 is 15.2 Å². The standard InChI is InChI=1S/C21H22F2IN4O4P/c1-30-15-6-16(31-2)19(23)17(18(15)22)20(29)14-10-28-21-13(14)5-11(9-27-21)12(7-25)8-26-3-4-32-33-24/h5-10,20,29,33H,3-4,25H2,1-2H3,(H,27,28). The third kappa shape index (κ3) is 5.43. The molecule has 33 heavy (non-hydrogen) atoms. The molecule has 176 valence electrons. The number of H-pyrrole nitrogens is 1. The number of aromatic nitrogens is 2. The molecule has 4 N–H and O–H groups in total. The number of nitrogens with zero attached hydrogens (tertiary/aromatic N) is 2. The molecule has 2 atom stereocenters. The molecule has 12 heteroatoms. The van der Waals surface area contributed by atoms with E-state index >= 15 is 0 Å². The van der Waals surface area contributed by atoms with Crippen LogP contribution in [0.25, 0.3) is 16.6 Å². The fourth-order valence-corrected chi connectivity index (χ4v) is 4.05. The topological polar surface area (TPSA) is 115 Å². The number of halogens is 3. The third-order valence-electron chi connectivity index (χ3n) is 4.86. The summed E-state index contributed by atoms with van der Waals surface area (Å²) in [7, 11) is 2.48. The van der Waals surface area contributed by atoms with E-state index in [4.69, 9.17) is 19.7 Å². The second-order valence-corrected chi connectivity index (χ2v) is 8.44. The Morgan fingerprint density at radius 3 is 2.61 bits per heavy atom. The zero-order valence-corrected chi connectivity index (χ0v) is 20.9. The number of aromatic amines is 1. The number of aliphatic hydroxyl groups is 1. The molecule has 0 saturated heterocycles. The summed E-state index contributed by atoms with van der Waals surface area (Å²) in [4.78, 5) is 11.5. The van der Waals surface area contributed by atoms with Crippen LogP contribution in [-0.4, -0.2) is 48.7 Å². The van der Waals surface area contributed by atoms with Gasteiger partial charge in [-0.25, -0.2) is 13.8 Å². The number of nitrogens with one attached hydrogen (secondary N) is 1. The van der Waals surface area contributed by atoms with E-state index in [9.17, 15) is 13.9 Å². The Bertz CT molecular complexity index is 1160. The Morgan fingerprint density at radius 2 is 2.00 bits per heavy atom. The molecule has 0 radical (unpaired) electrons. The molecule has 2 aromatic heterocycles. The number of aliphatic hydroxyl groups excluding tert-OH is 1. The fraction of sp³-hybridized carbons (Fsp3) is 0.238. The van der Waals surface area contributed by atoms with Crippen LogP contribution >= 0.6 is 28.5 Å². The number of methoxy groups -OCH3 is 2. The van der Waals surface area contributed by atoms with Gasteiger partial charge in [0, 0.05) is 53.0 Å². The lowest BCUT2D eigenvalue weighted by Crippen LogP contribution is -2.09. The summed E-state index contributed by atoms with van der Waals surface area (Å²) < 4.78 is 45.0. The minimum Gasteiger partial charge on any atom is -0.494 e. The maximum atomic E-state index is 14.9. The summed E-state index contributed by atoms with van der Waals surface area (Å²) >= 11 is 2.13. The Kier molecular flexibility index (Phi) is 8.95. The SMILES string of the molecule is COc1cc(OC)c(F)c(C(O)c2c[nH]c3ncc(C(C=NCCOPI)=CN)cc23)c1F. The molecule has 3 aromatic rings. The molecule has 8 nitrogen and oxygen atoms in total. The molecule has 0 spiro atoms. The number of allylic oxidation sites excluding steroid dienone is 1. The lowest BCUT2D eigenvalue weighted by Gasteiger charge is -2.17. The molecule has 0 fully saturated rings. The number of benzene rings is 1. The first kappa shape index (κ1) is 25.3. The van der Waals surface area contributed by atoms with Crippen molar-refractivity contribution in [2.45, 2.75) is 6.10 Å². The predicted molar refractivity (Wildman–Crippen MR) is 133 cm³/mol. The molecular formula is C21H22F2IN4O4P. The van der Waals surface area contributed by atoms with Gasteiger partial charge in [-0.1, -0.05) is 0 Å². The van der Waals surface area contributed by atoms with Crippen LogP contribution in [0.3, 0.4) is 0 Å². The second-order valence-electron chi connectivity index (χ2n) is 6.67. The van der Waals surface area contributed by atoms with Gasteiger partial charge in [0.2, 0.25) is 0 Å². The first-order valence-corrected chi connectivity index (χ1v) is 13.6. The number of rotatable bonds is 10. The Hall–Kier alpha value is -2.34. The van der Waals surface area contributed by atoms with E-state index in [-0.39, 0.29) is 17.1 Å². The monoisotopic (exact) mass is 590 g/mol. The van der Waals surface area contributed by atoms with Crippen LogP contribution in [0.2, 0.25) is 0 Å². The van der Waals surface area contributed by atoms with E-state index in [1.165, 1.54) is 26.6 Å². The fourth-order valence-electron chi connectivity index (χ4n) is 3.22. The maximum Gasteiger partial charge on any atom is 0.174 e. The number of ether oxygens (including phenoxy) is 2. The van der Waals surface area contributed by atoms with Gasteiger partial charge in [0.1, 0.15) is 11.8 Å². The molecule has 1 aromatic carbocycles. The molecule has 0 aliphatic heterocycles. The molecule has 0 aliphatic rings. The smallest absolute Gasteiger partial charge is 0.174 e. The molecule has 0 bridgehead atoms. The van der Waals surface area contributed by atoms with Gasteiger partial charge in [0.25, 0.3) is 0 Å². The first-order valence-electron chi connectivity index (χ1n) is 9.61. The van der Waals surface area contributed by atoms with Crippen molar-refractivity contribution >= 4 is 51.3 Å². The molecule has 3 rings (SSSR count). The number of pyridine rings is 1. The highest BCUT2D eigenvalue weighted by Gasteiger charge is 2.28. The van der Waals surface area contributed by atoms with Gasteiger partial charge in [-0.15, -0.1) is 0 Å². The number of hydrogen-bond donors (Lipinski definition) is 3. The second kappa shape index (κ2) is 11.7. The van der Waals surface area contributed by atoms with Crippen LogP contribution in [0.5, 0.6) is 11.5 Å². The highest BCUT2D eigenvalue weighted by Crippen LogP contribution is 2.38. The van der Waals surface area contributed by atoms with Gasteiger partial charge >= 0.3 is 0 Å². The third-order valence-corrected chi connectivity index (χ3v) is 6.11. The van der Waals surface area contributed by atoms with Gasteiger partial charge in [-0.05, 0) is 28.1 Å². The van der Waals surface area contributed by atoms with Gasteiger partial charge in [-0.3, -0.25) is 4.99 Å². The minimum atomic E-state index is -1.66. The highest BCUT2D eigenvalue weighted by atomic mass is 127. The number of nitrogens with two attached hydrogens (primary N) is 1. The van der Waals surface area contributed by atoms with Crippen molar-refractivity contribution in [1.82, 2.24) is 9.97 Å². The van der Waals surface area contributed by atoms with E-state index in [1.807, 2.05) is 0 Å². The van der Waals surface area contributed by atoms with Crippen LogP contribution in [0.15, 0.2) is 35.7 Å². The van der Waals surface area contributed by atoms with Crippen LogP contribution in [0, 0.1) is 11.6 Å². The van der Waals surface area contributed by atoms with Crippen molar-refractivity contribution in [3.8, 4) is 11.5 Å². The van der Waals surface area contributed by atoms with Crippen LogP contribution in [0.1, 0.15) is 22.8 Å². The Labute approximate surface area is 203 Å². The minimum absolute atomic E-state index is 0.220. The van der Waals surface area contributed by atoms with Gasteiger partial charge < -0.3 is 29.8 Å². The summed E-state index contributed by atoms with van der Waals surface area (Å²) in [6.45, 7) is 1.31. The van der Waals surface area contributed by atoms with Crippen molar-refractivity contribution in [1.29, 1.82) is 0 Å². The van der Waals surface area contributed by atoms with Crippen molar-refractivity contribution in [3.63, 3.8) is 0 Å². The summed E-state index contributed by atoms with van der Waals surface area (Å²) in [5.41, 5.74) is 7.01. The zero-order valence-electron chi connectivity index (χ0n) is 17.7. The number of aliphatic imine (C=N–C) groups is 1. The average Bonchev–Trinajstić information content (AvgIpc) is 3.25. The zero-order chi connectivity index (χ0) is 24.0. The highest BCUT2D eigenvalue weighted by molar-refractivity contribution is 14.2. The predicted octanol–water partition coefficient (Wildman–Crippen LogP) is 4.27. The average molecular weight is 590 g/mol. The first-order chi connectivity index (χ1) is 16.0. The van der Waals surface area contributed by atoms with Gasteiger partial charge in [0.05, 0.1) is 39.4 Å². The van der Waals surface area contributed by atoms with E-state index in [2.05, 4.69) is 37.0 Å². The van der Waals surface area contributed by atoms with Crippen molar-refractivity contribution < 1.29 is 27.9 Å². The van der Waals surface area contributed by atoms with E-state index < -0.39 is 23.3 Å². The van der Waals surface area contributed by atoms with Gasteiger partial charge in [-0.2, -0.15) is 0 Å². The van der Waals surface area contributed by atoms with Crippen molar-refractivity contribution in [2.75, 3.05) is 27.4 Å². The largest absolute Gasteiger partial charge is 0.494 e. The summed E-state index contributed by atoms with van der Waals surface area (Å²) in [5.74, 6) is -2.55. The summed E-state index contributed by atoms with van der Waals surface area (Å²) in [6.07, 6.45) is 4.34. The summed E-state index contributed by atoms with van der Waals surface area (Å²) in [6, 6.07) is 2.79. The molecular weight excluding hydrogens is 568 g/mol. The molecule has 0 amide bonds. The normalized spacial score (nSPS) is 13.5. The van der Waals surface area contributed by atoms with E-state index in [0.717, 1.165) is 6.07 Å². The molecule has 2 heterocycles. The van der Waals surface area contributed by atoms with Crippen LogP contribution in [-0.2, 0) is 4.52 Å². The number of fused-ring (bicyclic) bond motifs is 1. The van der Waals surface area contributed by atoms with Crippen LogP contribution in [0.4, 0.5) is 8.78 Å². The summed E-state index contributed by atoms with van der Waals surface area (Å²) in [5, 5.41) is 11.4. The van der Waals surface area contributed by atoms with Gasteiger partial charge in [0.15, 0.2) is 23.1 Å². The maximum absolute atomic E-state index is 14.9. The number of hydrogen-bond acceptors (Lipinski definition) is 7. The quantitative estimate of drug-likeness (QED) is 0.141. The lowest BCUT2D eigenvalue weighted by molar-refractivity contribution is 0.206. The Balaban J connectivity index is 2.02. The van der Waals surface area contributed by atoms with E-state index in [1.54, 1.807) is 18.5 Å². The molecule has 0 aliphatic carbocycles. The molecule has 2 unspecified atom stereocenters. The van der Waals surface area contributed by atoms with Crippen molar-refractivity contribution in [3.05, 3.63) is 59.1 Å². The molecule has 0 saturated carbocycles. The van der Waals surface area contributed by atoms with Crippen molar-refractivity contribution in [2.24, 2.45) is 10.7 Å².